The predicted molar refractivity (Wildman–Crippen MR) is 98.4 cm³/mol. The Morgan fingerprint density at radius 3 is 2.61 bits per heavy atom. The molecular formula is C21H21NO6. The first-order valence-corrected chi connectivity index (χ1v) is 9.22. The number of carbonyl (C=O) groups is 2. The molecule has 2 saturated heterocycles. The van der Waals surface area contributed by atoms with Crippen LogP contribution in [0.25, 0.3) is 0 Å². The minimum Gasteiger partial charge on any atom is -0.508 e. The zero-order valence-electron chi connectivity index (χ0n) is 15.2. The van der Waals surface area contributed by atoms with Crippen LogP contribution in [0.1, 0.15) is 35.4 Å². The van der Waals surface area contributed by atoms with Crippen LogP contribution in [0.4, 0.5) is 4.79 Å². The number of rotatable bonds is 5. The van der Waals surface area contributed by atoms with Crippen molar-refractivity contribution in [3.63, 3.8) is 0 Å². The van der Waals surface area contributed by atoms with Crippen molar-refractivity contribution >= 4 is 12.0 Å². The highest BCUT2D eigenvalue weighted by Gasteiger charge is 2.38. The molecule has 0 aromatic heterocycles. The zero-order valence-corrected chi connectivity index (χ0v) is 15.2. The van der Waals surface area contributed by atoms with Gasteiger partial charge in [0.15, 0.2) is 6.29 Å². The van der Waals surface area contributed by atoms with Crippen molar-refractivity contribution in [2.45, 2.75) is 25.2 Å². The summed E-state index contributed by atoms with van der Waals surface area (Å²) in [6, 6.07) is 13.9. The van der Waals surface area contributed by atoms with E-state index in [9.17, 15) is 14.7 Å². The quantitative estimate of drug-likeness (QED) is 0.854. The molecule has 2 fully saturated rings. The molecule has 2 aliphatic heterocycles. The van der Waals surface area contributed by atoms with Crippen LogP contribution in [0.5, 0.6) is 5.75 Å². The summed E-state index contributed by atoms with van der Waals surface area (Å²) in [5.74, 6) is -0.194. The number of aryl methyl sites for hydroxylation is 1. The number of nitrogens with zero attached hydrogens (tertiary/aromatic N) is 1. The molecular weight excluding hydrogens is 362 g/mol. The minimum absolute atomic E-state index is 0.108. The number of phenols is 1. The number of hydrogen-bond donors (Lipinski definition) is 1. The van der Waals surface area contributed by atoms with E-state index in [2.05, 4.69) is 0 Å². The standard InChI is InChI=1S/C21H21NO6/c23-16-8-6-14(17(12-16)20-26-10-11-27-20)7-9-19(24)22-18(13-28-21(22)25)15-4-2-1-3-5-15/h1-6,8,12,18,20,23H,7,9-11,13H2. The smallest absolute Gasteiger partial charge is 0.417 e. The number of benzene rings is 2. The minimum atomic E-state index is -0.618. The van der Waals surface area contributed by atoms with Gasteiger partial charge in [-0.15, -0.1) is 0 Å². The van der Waals surface area contributed by atoms with E-state index >= 15 is 0 Å². The van der Waals surface area contributed by atoms with E-state index in [0.717, 1.165) is 11.1 Å². The van der Waals surface area contributed by atoms with Crippen LogP contribution in [0.3, 0.4) is 0 Å². The summed E-state index contributed by atoms with van der Waals surface area (Å²) < 4.78 is 16.2. The molecule has 7 heteroatoms. The van der Waals surface area contributed by atoms with Crippen LogP contribution in [-0.4, -0.2) is 41.8 Å². The van der Waals surface area contributed by atoms with Crippen molar-refractivity contribution in [3.05, 3.63) is 65.2 Å². The van der Waals surface area contributed by atoms with E-state index < -0.39 is 18.4 Å². The Hall–Kier alpha value is -2.90. The summed E-state index contributed by atoms with van der Waals surface area (Å²) in [4.78, 5) is 26.2. The summed E-state index contributed by atoms with van der Waals surface area (Å²) in [7, 11) is 0. The van der Waals surface area contributed by atoms with Crippen LogP contribution < -0.4 is 0 Å². The van der Waals surface area contributed by atoms with E-state index in [1.807, 2.05) is 30.3 Å². The van der Waals surface area contributed by atoms with Gasteiger partial charge in [0.2, 0.25) is 5.91 Å². The van der Waals surface area contributed by atoms with Crippen LogP contribution >= 0.6 is 0 Å². The monoisotopic (exact) mass is 383 g/mol. The molecule has 0 aliphatic carbocycles. The summed E-state index contributed by atoms with van der Waals surface area (Å²) in [6.07, 6.45) is -0.649. The maximum absolute atomic E-state index is 12.8. The summed E-state index contributed by atoms with van der Waals surface area (Å²) in [5.41, 5.74) is 2.40. The first-order chi connectivity index (χ1) is 13.6. The van der Waals surface area contributed by atoms with Crippen LogP contribution in [-0.2, 0) is 25.4 Å². The van der Waals surface area contributed by atoms with Gasteiger partial charge in [-0.2, -0.15) is 0 Å². The third-order valence-corrected chi connectivity index (χ3v) is 4.94. The summed E-state index contributed by atoms with van der Waals surface area (Å²) in [6.45, 7) is 1.12. The Balaban J connectivity index is 1.49. The van der Waals surface area contributed by atoms with Gasteiger partial charge in [0.25, 0.3) is 0 Å². The summed E-state index contributed by atoms with van der Waals surface area (Å²) in [5, 5.41) is 9.80. The van der Waals surface area contributed by atoms with Crippen LogP contribution in [0.15, 0.2) is 48.5 Å². The number of aromatic hydroxyl groups is 1. The number of ether oxygens (including phenoxy) is 3. The van der Waals surface area contributed by atoms with Crippen molar-refractivity contribution in [2.75, 3.05) is 19.8 Å². The van der Waals surface area contributed by atoms with Gasteiger partial charge in [-0.1, -0.05) is 36.4 Å². The molecule has 2 amide bonds. The second kappa shape index (κ2) is 8.00. The van der Waals surface area contributed by atoms with Gasteiger partial charge < -0.3 is 19.3 Å². The van der Waals surface area contributed by atoms with Gasteiger partial charge in [-0.3, -0.25) is 4.79 Å². The van der Waals surface area contributed by atoms with E-state index in [4.69, 9.17) is 14.2 Å². The van der Waals surface area contributed by atoms with Crippen molar-refractivity contribution in [3.8, 4) is 5.75 Å². The van der Waals surface area contributed by atoms with E-state index in [1.165, 1.54) is 4.90 Å². The Morgan fingerprint density at radius 1 is 1.11 bits per heavy atom. The lowest BCUT2D eigenvalue weighted by atomic mass is 10.0. The molecule has 2 heterocycles. The molecule has 0 bridgehead atoms. The third-order valence-electron chi connectivity index (χ3n) is 4.94. The number of phenolic OH excluding ortho intramolecular Hbond substituents is 1. The second-order valence-corrected chi connectivity index (χ2v) is 6.72. The maximum Gasteiger partial charge on any atom is 0.417 e. The molecule has 1 N–H and O–H groups in total. The van der Waals surface area contributed by atoms with E-state index in [-0.39, 0.29) is 24.7 Å². The molecule has 7 nitrogen and oxygen atoms in total. The molecule has 4 rings (SSSR count). The van der Waals surface area contributed by atoms with E-state index in [0.29, 0.717) is 25.2 Å². The third kappa shape index (κ3) is 3.72. The van der Waals surface area contributed by atoms with E-state index in [1.54, 1.807) is 18.2 Å². The van der Waals surface area contributed by atoms with Crippen molar-refractivity contribution in [2.24, 2.45) is 0 Å². The van der Waals surface area contributed by atoms with Crippen LogP contribution in [0.2, 0.25) is 0 Å². The lowest BCUT2D eigenvalue weighted by Gasteiger charge is -2.20. The number of carbonyl (C=O) groups excluding carboxylic acids is 2. The zero-order chi connectivity index (χ0) is 19.5. The highest BCUT2D eigenvalue weighted by Crippen LogP contribution is 2.31. The Morgan fingerprint density at radius 2 is 1.86 bits per heavy atom. The van der Waals surface area contributed by atoms with Crippen LogP contribution in [0, 0.1) is 0 Å². The lowest BCUT2D eigenvalue weighted by Crippen LogP contribution is -2.34. The highest BCUT2D eigenvalue weighted by atomic mass is 16.7. The average Bonchev–Trinajstić information content (AvgIpc) is 3.37. The predicted octanol–water partition coefficient (Wildman–Crippen LogP) is 3.09. The first kappa shape index (κ1) is 18.5. The number of hydrogen-bond acceptors (Lipinski definition) is 6. The van der Waals surface area contributed by atoms with Crippen molar-refractivity contribution in [1.29, 1.82) is 0 Å². The molecule has 28 heavy (non-hydrogen) atoms. The Kier molecular flexibility index (Phi) is 5.27. The largest absolute Gasteiger partial charge is 0.508 e. The summed E-state index contributed by atoms with van der Waals surface area (Å²) >= 11 is 0. The van der Waals surface area contributed by atoms with Gasteiger partial charge in [0, 0.05) is 12.0 Å². The number of amides is 2. The lowest BCUT2D eigenvalue weighted by molar-refractivity contribution is -0.129. The fourth-order valence-corrected chi connectivity index (χ4v) is 3.55. The Labute approximate surface area is 162 Å². The van der Waals surface area contributed by atoms with Crippen molar-refractivity contribution in [1.82, 2.24) is 4.90 Å². The average molecular weight is 383 g/mol. The van der Waals surface area contributed by atoms with Gasteiger partial charge in [0.05, 0.1) is 13.2 Å². The molecule has 1 atom stereocenters. The highest BCUT2D eigenvalue weighted by molar-refractivity contribution is 5.93. The second-order valence-electron chi connectivity index (χ2n) is 6.72. The number of imide groups is 1. The maximum atomic E-state index is 12.8. The molecule has 2 aliphatic rings. The van der Waals surface area contributed by atoms with Gasteiger partial charge in [0.1, 0.15) is 18.4 Å². The molecule has 2 aromatic rings. The molecule has 1 unspecified atom stereocenters. The normalized spacial score (nSPS) is 19.8. The molecule has 0 radical (unpaired) electrons. The Bertz CT molecular complexity index is 862. The topological polar surface area (TPSA) is 85.3 Å². The van der Waals surface area contributed by atoms with Gasteiger partial charge in [-0.05, 0) is 29.7 Å². The number of cyclic esters (lactones) is 1. The van der Waals surface area contributed by atoms with Crippen molar-refractivity contribution < 1.29 is 28.9 Å². The molecule has 146 valence electrons. The molecule has 0 saturated carbocycles. The SMILES string of the molecule is O=C(CCc1ccc(O)cc1C1OCCO1)N1C(=O)OCC1c1ccccc1. The fourth-order valence-electron chi connectivity index (χ4n) is 3.55. The van der Waals surface area contributed by atoms with Gasteiger partial charge >= 0.3 is 6.09 Å². The molecule has 0 spiro atoms. The molecule has 2 aromatic carbocycles. The van der Waals surface area contributed by atoms with Gasteiger partial charge in [-0.25, -0.2) is 9.69 Å². The fraction of sp³-hybridized carbons (Fsp3) is 0.333. The first-order valence-electron chi connectivity index (χ1n) is 9.22.